The first-order valence-corrected chi connectivity index (χ1v) is 9.28. The molecule has 3 nitrogen and oxygen atoms in total. The summed E-state index contributed by atoms with van der Waals surface area (Å²) >= 11 is 5.87. The van der Waals surface area contributed by atoms with Crippen LogP contribution < -0.4 is 10.1 Å². The van der Waals surface area contributed by atoms with E-state index in [0.29, 0.717) is 6.61 Å². The van der Waals surface area contributed by atoms with E-state index in [4.69, 9.17) is 4.74 Å². The molecule has 0 spiro atoms. The molecule has 0 amide bonds. The predicted molar refractivity (Wildman–Crippen MR) is 105 cm³/mol. The summed E-state index contributed by atoms with van der Waals surface area (Å²) in [6.45, 7) is 0.669. The molecule has 1 unspecified atom stereocenters. The molecule has 1 atom stereocenters. The average Bonchev–Trinajstić information content (AvgIpc) is 2.55. The van der Waals surface area contributed by atoms with Crippen LogP contribution in [0.3, 0.4) is 0 Å². The number of nitrogens with zero attached hydrogens (tertiary/aromatic N) is 1. The van der Waals surface area contributed by atoms with Crippen molar-refractivity contribution in [2.75, 3.05) is 11.9 Å². The highest BCUT2D eigenvalue weighted by Gasteiger charge is 2.20. The highest BCUT2D eigenvalue weighted by molar-refractivity contribution is 14.1. The van der Waals surface area contributed by atoms with Crippen LogP contribution >= 0.6 is 38.5 Å². The SMILES string of the molecule is Brc1ccc2c(c1)CC(Nc1ccnc3ccc(I)cc13)CO2. The van der Waals surface area contributed by atoms with Gasteiger partial charge < -0.3 is 10.1 Å². The van der Waals surface area contributed by atoms with Crippen LogP contribution in [0.4, 0.5) is 5.69 Å². The second-order valence-corrected chi connectivity index (χ2v) is 7.79. The van der Waals surface area contributed by atoms with Crippen molar-refractivity contribution in [3.05, 3.63) is 62.3 Å². The highest BCUT2D eigenvalue weighted by Crippen LogP contribution is 2.30. The zero-order valence-electron chi connectivity index (χ0n) is 12.2. The van der Waals surface area contributed by atoms with Crippen molar-refractivity contribution in [3.63, 3.8) is 0 Å². The van der Waals surface area contributed by atoms with Gasteiger partial charge in [-0.2, -0.15) is 0 Å². The normalized spacial score (nSPS) is 16.7. The Bertz CT molecular complexity index is 884. The van der Waals surface area contributed by atoms with Crippen molar-refractivity contribution < 1.29 is 4.74 Å². The molecule has 23 heavy (non-hydrogen) atoms. The summed E-state index contributed by atoms with van der Waals surface area (Å²) in [5.74, 6) is 0.986. The molecule has 0 saturated heterocycles. The molecule has 0 aliphatic carbocycles. The molecule has 3 aromatic rings. The van der Waals surface area contributed by atoms with E-state index in [-0.39, 0.29) is 6.04 Å². The first-order chi connectivity index (χ1) is 11.2. The number of benzene rings is 2. The fourth-order valence-electron chi connectivity index (χ4n) is 2.92. The number of hydrogen-bond acceptors (Lipinski definition) is 3. The Kier molecular flexibility index (Phi) is 4.15. The van der Waals surface area contributed by atoms with Gasteiger partial charge in [-0.25, -0.2) is 0 Å². The van der Waals surface area contributed by atoms with Crippen LogP contribution in [0, 0.1) is 3.57 Å². The summed E-state index contributed by atoms with van der Waals surface area (Å²) in [5, 5.41) is 4.78. The minimum Gasteiger partial charge on any atom is -0.491 e. The lowest BCUT2D eigenvalue weighted by Gasteiger charge is -2.27. The van der Waals surface area contributed by atoms with Gasteiger partial charge in [0.1, 0.15) is 12.4 Å². The molecule has 0 radical (unpaired) electrons. The summed E-state index contributed by atoms with van der Waals surface area (Å²) in [5.41, 5.74) is 3.35. The lowest BCUT2D eigenvalue weighted by Crippen LogP contribution is -2.33. The van der Waals surface area contributed by atoms with E-state index in [1.165, 1.54) is 9.13 Å². The molecule has 4 rings (SSSR count). The van der Waals surface area contributed by atoms with Crippen LogP contribution in [0.5, 0.6) is 5.75 Å². The number of nitrogens with one attached hydrogen (secondary N) is 1. The van der Waals surface area contributed by atoms with Gasteiger partial charge in [0, 0.05) is 25.3 Å². The third-order valence-electron chi connectivity index (χ3n) is 3.99. The quantitative estimate of drug-likeness (QED) is 0.523. The standard InChI is InChI=1S/C18H14BrIN2O/c19-12-1-4-18-11(7-12)8-14(10-23-18)22-17-5-6-21-16-3-2-13(20)9-15(16)17/h1-7,9,14H,8,10H2,(H,21,22). The van der Waals surface area contributed by atoms with E-state index in [1.54, 1.807) is 0 Å². The Morgan fingerprint density at radius 3 is 3.00 bits per heavy atom. The zero-order chi connectivity index (χ0) is 15.8. The number of anilines is 1. The molecule has 116 valence electrons. The summed E-state index contributed by atoms with van der Waals surface area (Å²) < 4.78 is 8.19. The van der Waals surface area contributed by atoms with Crippen LogP contribution in [0.2, 0.25) is 0 Å². The molecule has 2 heterocycles. The lowest BCUT2D eigenvalue weighted by atomic mass is 10.0. The topological polar surface area (TPSA) is 34.2 Å². The lowest BCUT2D eigenvalue weighted by molar-refractivity contribution is 0.272. The molecule has 5 heteroatoms. The number of ether oxygens (including phenoxy) is 1. The van der Waals surface area contributed by atoms with Crippen LogP contribution in [0.15, 0.2) is 53.1 Å². The largest absolute Gasteiger partial charge is 0.491 e. The summed E-state index contributed by atoms with van der Waals surface area (Å²) in [6.07, 6.45) is 2.80. The second-order valence-electron chi connectivity index (χ2n) is 5.63. The summed E-state index contributed by atoms with van der Waals surface area (Å²) in [4.78, 5) is 4.44. The number of rotatable bonds is 2. The fraction of sp³-hybridized carbons (Fsp3) is 0.167. The Morgan fingerprint density at radius 2 is 2.09 bits per heavy atom. The number of pyridine rings is 1. The van der Waals surface area contributed by atoms with Gasteiger partial charge in [0.25, 0.3) is 0 Å². The molecule has 0 fully saturated rings. The molecule has 1 aliphatic heterocycles. The molecule has 2 aromatic carbocycles. The van der Waals surface area contributed by atoms with E-state index in [2.05, 4.69) is 73.1 Å². The molecular weight excluding hydrogens is 467 g/mol. The van der Waals surface area contributed by atoms with E-state index in [0.717, 1.165) is 33.2 Å². The smallest absolute Gasteiger partial charge is 0.122 e. The van der Waals surface area contributed by atoms with Crippen LogP contribution in [0.25, 0.3) is 10.9 Å². The third-order valence-corrected chi connectivity index (χ3v) is 5.16. The predicted octanol–water partition coefficient (Wildman–Crippen LogP) is 5.02. The highest BCUT2D eigenvalue weighted by atomic mass is 127. The van der Waals surface area contributed by atoms with Gasteiger partial charge in [-0.15, -0.1) is 0 Å². The first kappa shape index (κ1) is 15.2. The van der Waals surface area contributed by atoms with Gasteiger partial charge in [-0.3, -0.25) is 4.98 Å². The van der Waals surface area contributed by atoms with Gasteiger partial charge in [-0.05, 0) is 77.0 Å². The third kappa shape index (κ3) is 3.17. The minimum atomic E-state index is 0.250. The van der Waals surface area contributed by atoms with Crippen LogP contribution in [0.1, 0.15) is 5.56 Å². The maximum atomic E-state index is 5.90. The molecule has 0 bridgehead atoms. The fourth-order valence-corrected chi connectivity index (χ4v) is 3.82. The Morgan fingerprint density at radius 1 is 1.17 bits per heavy atom. The maximum Gasteiger partial charge on any atom is 0.122 e. The summed E-state index contributed by atoms with van der Waals surface area (Å²) in [7, 11) is 0. The van der Waals surface area contributed by atoms with Gasteiger partial charge in [0.15, 0.2) is 0 Å². The zero-order valence-corrected chi connectivity index (χ0v) is 16.0. The average molecular weight is 481 g/mol. The van der Waals surface area contributed by atoms with Crippen molar-refractivity contribution >= 4 is 55.1 Å². The van der Waals surface area contributed by atoms with Gasteiger partial charge in [-0.1, -0.05) is 15.9 Å². The Labute approximate surface area is 156 Å². The Balaban J connectivity index is 1.63. The second kappa shape index (κ2) is 6.28. The Hall–Kier alpha value is -1.34. The molecule has 0 saturated carbocycles. The number of hydrogen-bond donors (Lipinski definition) is 1. The van der Waals surface area contributed by atoms with Crippen molar-refractivity contribution in [3.8, 4) is 5.75 Å². The van der Waals surface area contributed by atoms with Crippen molar-refractivity contribution in [1.82, 2.24) is 4.98 Å². The first-order valence-electron chi connectivity index (χ1n) is 7.41. The number of fused-ring (bicyclic) bond motifs is 2. The molecule has 1 aliphatic rings. The van der Waals surface area contributed by atoms with Crippen molar-refractivity contribution in [1.29, 1.82) is 0 Å². The van der Waals surface area contributed by atoms with Gasteiger partial charge in [0.05, 0.1) is 11.6 Å². The van der Waals surface area contributed by atoms with E-state index in [9.17, 15) is 0 Å². The number of halogens is 2. The van der Waals surface area contributed by atoms with Crippen molar-refractivity contribution in [2.24, 2.45) is 0 Å². The van der Waals surface area contributed by atoms with Gasteiger partial charge >= 0.3 is 0 Å². The minimum absolute atomic E-state index is 0.250. The van der Waals surface area contributed by atoms with Crippen molar-refractivity contribution in [2.45, 2.75) is 12.5 Å². The maximum absolute atomic E-state index is 5.90. The van der Waals surface area contributed by atoms with E-state index < -0.39 is 0 Å². The molecule has 1 N–H and O–H groups in total. The van der Waals surface area contributed by atoms with Crippen LogP contribution in [-0.2, 0) is 6.42 Å². The monoisotopic (exact) mass is 480 g/mol. The molecular formula is C18H14BrIN2O. The van der Waals surface area contributed by atoms with E-state index in [1.807, 2.05) is 24.4 Å². The number of aromatic nitrogens is 1. The summed E-state index contributed by atoms with van der Waals surface area (Å²) in [6, 6.07) is 14.8. The van der Waals surface area contributed by atoms with Crippen LogP contribution in [-0.4, -0.2) is 17.6 Å². The van der Waals surface area contributed by atoms with E-state index >= 15 is 0 Å². The van der Waals surface area contributed by atoms with Gasteiger partial charge in [0.2, 0.25) is 0 Å². The molecule has 1 aromatic heterocycles.